The number of halogens is 1. The fourth-order valence-electron chi connectivity index (χ4n) is 1.69. The predicted molar refractivity (Wildman–Crippen MR) is 79.8 cm³/mol. The molecule has 1 atom stereocenters. The van der Waals surface area contributed by atoms with Crippen LogP contribution in [0.2, 0.25) is 0 Å². The van der Waals surface area contributed by atoms with Gasteiger partial charge in [0.05, 0.1) is 10.9 Å². The lowest BCUT2D eigenvalue weighted by Crippen LogP contribution is -2.45. The fourth-order valence-corrected chi connectivity index (χ4v) is 3.23. The van der Waals surface area contributed by atoms with E-state index < -0.39 is 16.1 Å². The van der Waals surface area contributed by atoms with E-state index in [4.69, 9.17) is 0 Å². The number of nitrogens with one attached hydrogen (secondary N) is 2. The third-order valence-corrected chi connectivity index (χ3v) is 5.52. The second kappa shape index (κ2) is 5.83. The molecule has 0 bridgehead atoms. The number of hydrogen-bond acceptors (Lipinski definition) is 3. The summed E-state index contributed by atoms with van der Waals surface area (Å²) in [6, 6.07) is 4.18. The van der Waals surface area contributed by atoms with Crippen LogP contribution < -0.4 is 10.0 Å². The van der Waals surface area contributed by atoms with E-state index >= 15 is 0 Å². The van der Waals surface area contributed by atoms with Gasteiger partial charge in [-0.15, -0.1) is 0 Å². The Morgan fingerprint density at radius 1 is 1.40 bits per heavy atom. The quantitative estimate of drug-likeness (QED) is 0.838. The lowest BCUT2D eigenvalue weighted by Gasteiger charge is -2.14. The molecule has 5 nitrogen and oxygen atoms in total. The number of benzene rings is 1. The van der Waals surface area contributed by atoms with Crippen molar-refractivity contribution in [1.82, 2.24) is 10.0 Å². The molecule has 1 amide bonds. The molecule has 2 N–H and O–H groups in total. The molecule has 0 radical (unpaired) electrons. The zero-order valence-corrected chi connectivity index (χ0v) is 13.7. The predicted octanol–water partition coefficient (Wildman–Crippen LogP) is 1.70. The Morgan fingerprint density at radius 2 is 2.05 bits per heavy atom. The molecule has 110 valence electrons. The average Bonchev–Trinajstić information content (AvgIpc) is 3.15. The van der Waals surface area contributed by atoms with Crippen LogP contribution in [0.5, 0.6) is 0 Å². The number of amides is 1. The first-order valence-corrected chi connectivity index (χ1v) is 8.66. The average molecular weight is 361 g/mol. The SMILES string of the molecule is Cc1cc(S(=O)(=O)NC(C)C(=O)NC2CC2)ccc1Br. The minimum absolute atomic E-state index is 0.157. The van der Waals surface area contributed by atoms with Gasteiger partial charge >= 0.3 is 0 Å². The van der Waals surface area contributed by atoms with Gasteiger partial charge in [-0.2, -0.15) is 4.72 Å². The van der Waals surface area contributed by atoms with Gasteiger partial charge in [0, 0.05) is 10.5 Å². The molecule has 1 aromatic carbocycles. The van der Waals surface area contributed by atoms with Crippen LogP contribution >= 0.6 is 15.9 Å². The van der Waals surface area contributed by atoms with Crippen LogP contribution in [0, 0.1) is 6.92 Å². The van der Waals surface area contributed by atoms with Crippen molar-refractivity contribution >= 4 is 31.9 Å². The molecular weight excluding hydrogens is 344 g/mol. The van der Waals surface area contributed by atoms with Crippen LogP contribution in [-0.2, 0) is 14.8 Å². The standard InChI is InChI=1S/C13H17BrN2O3S/c1-8-7-11(5-6-12(8)14)20(18,19)16-9(2)13(17)15-10-3-4-10/h5-7,9-10,16H,3-4H2,1-2H3,(H,15,17). The molecule has 1 unspecified atom stereocenters. The third-order valence-electron chi connectivity index (χ3n) is 3.09. The van der Waals surface area contributed by atoms with Crippen molar-refractivity contribution in [3.8, 4) is 0 Å². The van der Waals surface area contributed by atoms with E-state index in [1.807, 2.05) is 6.92 Å². The Bertz CT molecular complexity index is 627. The number of carbonyl (C=O) groups excluding carboxylic acids is 1. The van der Waals surface area contributed by atoms with Gasteiger partial charge in [-0.1, -0.05) is 15.9 Å². The maximum absolute atomic E-state index is 12.2. The highest BCUT2D eigenvalue weighted by Crippen LogP contribution is 2.21. The molecule has 0 spiro atoms. The first kappa shape index (κ1) is 15.5. The normalized spacial score (nSPS) is 16.8. The zero-order chi connectivity index (χ0) is 14.9. The minimum atomic E-state index is -3.69. The molecule has 0 saturated heterocycles. The fraction of sp³-hybridized carbons (Fsp3) is 0.462. The summed E-state index contributed by atoms with van der Waals surface area (Å²) >= 11 is 3.32. The largest absolute Gasteiger partial charge is 0.352 e. The number of rotatable bonds is 5. The van der Waals surface area contributed by atoms with Gasteiger partial charge in [0.25, 0.3) is 0 Å². The second-order valence-electron chi connectivity index (χ2n) is 5.04. The van der Waals surface area contributed by atoms with Gasteiger partial charge < -0.3 is 5.32 Å². The minimum Gasteiger partial charge on any atom is -0.352 e. The Labute approximate surface area is 127 Å². The molecule has 0 aliphatic heterocycles. The number of hydrogen-bond donors (Lipinski definition) is 2. The van der Waals surface area contributed by atoms with E-state index in [0.717, 1.165) is 22.9 Å². The van der Waals surface area contributed by atoms with Gasteiger partial charge in [-0.05, 0) is 50.5 Å². The van der Waals surface area contributed by atoms with Gasteiger partial charge in [0.1, 0.15) is 0 Å². The molecule has 1 fully saturated rings. The van der Waals surface area contributed by atoms with Crippen molar-refractivity contribution < 1.29 is 13.2 Å². The number of carbonyl (C=O) groups is 1. The molecular formula is C13H17BrN2O3S. The molecule has 1 aliphatic rings. The Morgan fingerprint density at radius 3 is 2.60 bits per heavy atom. The smallest absolute Gasteiger partial charge is 0.241 e. The van der Waals surface area contributed by atoms with Crippen molar-refractivity contribution in [3.05, 3.63) is 28.2 Å². The molecule has 0 aromatic heterocycles. The van der Waals surface area contributed by atoms with E-state index in [9.17, 15) is 13.2 Å². The monoisotopic (exact) mass is 360 g/mol. The van der Waals surface area contributed by atoms with E-state index in [0.29, 0.717) is 0 Å². The van der Waals surface area contributed by atoms with Crippen molar-refractivity contribution in [1.29, 1.82) is 0 Å². The number of sulfonamides is 1. The molecule has 20 heavy (non-hydrogen) atoms. The molecule has 2 rings (SSSR count). The summed E-state index contributed by atoms with van der Waals surface area (Å²) in [5.74, 6) is -0.287. The summed E-state index contributed by atoms with van der Waals surface area (Å²) in [6.07, 6.45) is 1.94. The van der Waals surface area contributed by atoms with Gasteiger partial charge in [0.15, 0.2) is 0 Å². The molecule has 7 heteroatoms. The van der Waals surface area contributed by atoms with E-state index in [1.54, 1.807) is 19.1 Å². The van der Waals surface area contributed by atoms with Gasteiger partial charge in [-0.25, -0.2) is 8.42 Å². The van der Waals surface area contributed by atoms with Crippen LogP contribution in [0.4, 0.5) is 0 Å². The van der Waals surface area contributed by atoms with Crippen LogP contribution in [0.3, 0.4) is 0 Å². The van der Waals surface area contributed by atoms with Crippen LogP contribution in [0.15, 0.2) is 27.6 Å². The highest BCUT2D eigenvalue weighted by molar-refractivity contribution is 9.10. The van der Waals surface area contributed by atoms with Crippen molar-refractivity contribution in [2.75, 3.05) is 0 Å². The lowest BCUT2D eigenvalue weighted by molar-refractivity contribution is -0.122. The summed E-state index contributed by atoms with van der Waals surface area (Å²) in [6.45, 7) is 3.35. The summed E-state index contributed by atoms with van der Waals surface area (Å²) in [5.41, 5.74) is 0.822. The third kappa shape index (κ3) is 3.80. The first-order valence-electron chi connectivity index (χ1n) is 6.38. The van der Waals surface area contributed by atoms with Crippen molar-refractivity contribution in [2.45, 2.75) is 43.7 Å². The summed E-state index contributed by atoms with van der Waals surface area (Å²) in [7, 11) is -3.69. The highest BCUT2D eigenvalue weighted by Gasteiger charge is 2.28. The number of aryl methyl sites for hydroxylation is 1. The van der Waals surface area contributed by atoms with Crippen LogP contribution in [-0.4, -0.2) is 26.4 Å². The summed E-state index contributed by atoms with van der Waals surface area (Å²) in [5, 5.41) is 2.77. The van der Waals surface area contributed by atoms with Crippen LogP contribution in [0.1, 0.15) is 25.3 Å². The highest BCUT2D eigenvalue weighted by atomic mass is 79.9. The van der Waals surface area contributed by atoms with Gasteiger partial charge in [-0.3, -0.25) is 4.79 Å². The molecule has 1 aliphatic carbocycles. The first-order chi connectivity index (χ1) is 9.29. The van der Waals surface area contributed by atoms with Crippen LogP contribution in [0.25, 0.3) is 0 Å². The lowest BCUT2D eigenvalue weighted by atomic mass is 10.2. The summed E-state index contributed by atoms with van der Waals surface area (Å²) < 4.78 is 27.7. The van der Waals surface area contributed by atoms with Crippen molar-refractivity contribution in [2.24, 2.45) is 0 Å². The molecule has 1 aromatic rings. The van der Waals surface area contributed by atoms with Crippen molar-refractivity contribution in [3.63, 3.8) is 0 Å². The molecule has 0 heterocycles. The Balaban J connectivity index is 2.09. The van der Waals surface area contributed by atoms with E-state index in [1.165, 1.54) is 6.07 Å². The zero-order valence-electron chi connectivity index (χ0n) is 11.3. The van der Waals surface area contributed by atoms with E-state index in [-0.39, 0.29) is 16.8 Å². The Hall–Kier alpha value is -0.920. The van der Waals surface area contributed by atoms with Gasteiger partial charge in [0.2, 0.25) is 15.9 Å². The maximum atomic E-state index is 12.2. The maximum Gasteiger partial charge on any atom is 0.241 e. The topological polar surface area (TPSA) is 75.3 Å². The summed E-state index contributed by atoms with van der Waals surface area (Å²) in [4.78, 5) is 11.9. The Kier molecular flexibility index (Phi) is 4.51. The molecule has 1 saturated carbocycles. The second-order valence-corrected chi connectivity index (χ2v) is 7.61. The van der Waals surface area contributed by atoms with E-state index in [2.05, 4.69) is 26.0 Å².